The number of furan rings is 1. The molecule has 0 saturated heterocycles. The highest BCUT2D eigenvalue weighted by Gasteiger charge is 2.31. The van der Waals surface area contributed by atoms with Gasteiger partial charge in [-0.25, -0.2) is 9.59 Å². The number of esters is 1. The Morgan fingerprint density at radius 2 is 2.22 bits per heavy atom. The second-order valence-electron chi connectivity index (χ2n) is 5.80. The van der Waals surface area contributed by atoms with Gasteiger partial charge in [0.1, 0.15) is 0 Å². The van der Waals surface area contributed by atoms with Crippen LogP contribution in [0, 0.1) is 0 Å². The molecule has 2 aromatic rings. The molecule has 1 unspecified atom stereocenters. The van der Waals surface area contributed by atoms with Gasteiger partial charge in [0.05, 0.1) is 24.5 Å². The van der Waals surface area contributed by atoms with E-state index < -0.39 is 5.97 Å². The fraction of sp³-hybridized carbons (Fsp3) is 0.412. The summed E-state index contributed by atoms with van der Waals surface area (Å²) in [6, 6.07) is 2.87. The van der Waals surface area contributed by atoms with Crippen molar-refractivity contribution in [2.75, 3.05) is 12.4 Å². The molecule has 10 heteroatoms. The van der Waals surface area contributed by atoms with Gasteiger partial charge in [0.2, 0.25) is 0 Å². The number of rotatable bonds is 7. The highest BCUT2D eigenvalue weighted by Crippen LogP contribution is 2.26. The molecule has 1 atom stereocenters. The zero-order valence-electron chi connectivity index (χ0n) is 15.3. The maximum Gasteiger partial charge on any atom is 0.337 e. The van der Waals surface area contributed by atoms with Gasteiger partial charge in [-0.1, -0.05) is 18.7 Å². The first-order chi connectivity index (χ1) is 13.0. The summed E-state index contributed by atoms with van der Waals surface area (Å²) in [6.07, 6.45) is 2.16. The third kappa shape index (κ3) is 4.00. The standard InChI is InChI=1S/C17H21N5O4S/c1-4-10-13(15(23)25-5-2)11(19-16(24)18-10)9-27-17-21-20-14(22(17)3)12-7-6-8-26-12/h6-8,10H,4-5,9H2,1-3H3,(H2,18,19,24). The minimum Gasteiger partial charge on any atom is -0.463 e. The number of nitrogens with one attached hydrogen (secondary N) is 2. The second kappa shape index (κ2) is 8.30. The third-order valence-electron chi connectivity index (χ3n) is 4.07. The molecule has 3 heterocycles. The summed E-state index contributed by atoms with van der Waals surface area (Å²) in [6.45, 7) is 3.92. The molecule has 2 aromatic heterocycles. The summed E-state index contributed by atoms with van der Waals surface area (Å²) < 4.78 is 12.3. The first-order valence-corrected chi connectivity index (χ1v) is 9.57. The number of thioether (sulfide) groups is 1. The highest BCUT2D eigenvalue weighted by molar-refractivity contribution is 7.99. The van der Waals surface area contributed by atoms with Gasteiger partial charge >= 0.3 is 12.0 Å². The van der Waals surface area contributed by atoms with Crippen LogP contribution in [0.25, 0.3) is 11.6 Å². The monoisotopic (exact) mass is 391 g/mol. The maximum absolute atomic E-state index is 12.4. The summed E-state index contributed by atoms with van der Waals surface area (Å²) in [5.74, 6) is 1.14. The van der Waals surface area contributed by atoms with E-state index in [2.05, 4.69) is 20.8 Å². The van der Waals surface area contributed by atoms with E-state index in [0.29, 0.717) is 40.2 Å². The molecule has 0 aromatic carbocycles. The fourth-order valence-corrected chi connectivity index (χ4v) is 3.65. The molecule has 1 aliphatic heterocycles. The molecular formula is C17H21N5O4S. The van der Waals surface area contributed by atoms with Crippen molar-refractivity contribution < 1.29 is 18.7 Å². The molecule has 0 bridgehead atoms. The quantitative estimate of drug-likeness (QED) is 0.549. The van der Waals surface area contributed by atoms with Gasteiger partial charge in [-0.3, -0.25) is 0 Å². The van der Waals surface area contributed by atoms with Crippen LogP contribution < -0.4 is 10.6 Å². The molecule has 2 N–H and O–H groups in total. The molecule has 144 valence electrons. The Morgan fingerprint density at radius 1 is 1.41 bits per heavy atom. The molecule has 3 rings (SSSR count). The summed E-state index contributed by atoms with van der Waals surface area (Å²) in [7, 11) is 1.83. The second-order valence-corrected chi connectivity index (χ2v) is 6.75. The van der Waals surface area contributed by atoms with Crippen LogP contribution in [0.1, 0.15) is 20.3 Å². The summed E-state index contributed by atoms with van der Waals surface area (Å²) in [5, 5.41) is 14.4. The van der Waals surface area contributed by atoms with Gasteiger partial charge < -0.3 is 24.4 Å². The Hall–Kier alpha value is -2.75. The minimum atomic E-state index is -0.429. The molecule has 0 radical (unpaired) electrons. The summed E-state index contributed by atoms with van der Waals surface area (Å²) in [4.78, 5) is 24.3. The van der Waals surface area contributed by atoms with Crippen molar-refractivity contribution in [2.24, 2.45) is 7.05 Å². The van der Waals surface area contributed by atoms with Crippen LogP contribution in [0.3, 0.4) is 0 Å². The van der Waals surface area contributed by atoms with Crippen LogP contribution >= 0.6 is 11.8 Å². The lowest BCUT2D eigenvalue weighted by Crippen LogP contribution is -2.50. The van der Waals surface area contributed by atoms with Gasteiger partial charge in [0.25, 0.3) is 0 Å². The molecule has 1 aliphatic rings. The summed E-state index contributed by atoms with van der Waals surface area (Å²) >= 11 is 1.37. The lowest BCUT2D eigenvalue weighted by molar-refractivity contribution is -0.139. The number of urea groups is 1. The fourth-order valence-electron chi connectivity index (χ4n) is 2.77. The van der Waals surface area contributed by atoms with Crippen molar-refractivity contribution in [3.05, 3.63) is 29.7 Å². The predicted octanol–water partition coefficient (Wildman–Crippen LogP) is 2.08. The van der Waals surface area contributed by atoms with Crippen molar-refractivity contribution in [1.82, 2.24) is 25.4 Å². The van der Waals surface area contributed by atoms with Gasteiger partial charge in [-0.2, -0.15) is 0 Å². The molecule has 0 aliphatic carbocycles. The average molecular weight is 391 g/mol. The Labute approximate surface area is 160 Å². The largest absolute Gasteiger partial charge is 0.463 e. The van der Waals surface area contributed by atoms with Crippen molar-refractivity contribution in [3.63, 3.8) is 0 Å². The molecule has 2 amide bonds. The minimum absolute atomic E-state index is 0.267. The number of nitrogens with zero attached hydrogens (tertiary/aromatic N) is 3. The van der Waals surface area contributed by atoms with Crippen LogP contribution in [-0.2, 0) is 16.6 Å². The van der Waals surface area contributed by atoms with Gasteiger partial charge in [-0.05, 0) is 25.5 Å². The number of hydrogen-bond acceptors (Lipinski definition) is 7. The van der Waals surface area contributed by atoms with Crippen molar-refractivity contribution >= 4 is 23.8 Å². The predicted molar refractivity (Wildman–Crippen MR) is 98.8 cm³/mol. The number of ether oxygens (including phenoxy) is 1. The van der Waals surface area contributed by atoms with E-state index in [1.54, 1.807) is 29.9 Å². The van der Waals surface area contributed by atoms with Crippen LogP contribution in [0.5, 0.6) is 0 Å². The SMILES string of the molecule is CCOC(=O)C1=C(CSc2nnc(-c3ccco3)n2C)NC(=O)NC1CC. The van der Waals surface area contributed by atoms with E-state index >= 15 is 0 Å². The Kier molecular flexibility index (Phi) is 5.84. The van der Waals surface area contributed by atoms with Crippen molar-refractivity contribution in [2.45, 2.75) is 31.5 Å². The number of carbonyl (C=O) groups excluding carboxylic acids is 2. The topological polar surface area (TPSA) is 111 Å². The number of amides is 2. The van der Waals surface area contributed by atoms with E-state index in [9.17, 15) is 9.59 Å². The van der Waals surface area contributed by atoms with E-state index in [0.717, 1.165) is 0 Å². The lowest BCUT2D eigenvalue weighted by atomic mass is 10.0. The maximum atomic E-state index is 12.4. The van der Waals surface area contributed by atoms with Gasteiger partial charge in [0.15, 0.2) is 16.7 Å². The Balaban J connectivity index is 1.83. The zero-order chi connectivity index (χ0) is 19.4. The van der Waals surface area contributed by atoms with E-state index in [1.165, 1.54) is 11.8 Å². The van der Waals surface area contributed by atoms with Crippen LogP contribution in [0.15, 0.2) is 39.2 Å². The molecular weight excluding hydrogens is 370 g/mol. The smallest absolute Gasteiger partial charge is 0.337 e. The zero-order valence-corrected chi connectivity index (χ0v) is 16.1. The number of hydrogen-bond donors (Lipinski definition) is 2. The number of carbonyl (C=O) groups is 2. The van der Waals surface area contributed by atoms with Gasteiger partial charge in [-0.15, -0.1) is 10.2 Å². The van der Waals surface area contributed by atoms with Gasteiger partial charge in [0, 0.05) is 18.5 Å². The number of aromatic nitrogens is 3. The first kappa shape index (κ1) is 19.0. The van der Waals surface area contributed by atoms with Crippen LogP contribution in [-0.4, -0.2) is 45.2 Å². The molecule has 0 spiro atoms. The first-order valence-electron chi connectivity index (χ1n) is 8.58. The van der Waals surface area contributed by atoms with Crippen LogP contribution in [0.4, 0.5) is 4.79 Å². The van der Waals surface area contributed by atoms with E-state index in [4.69, 9.17) is 9.15 Å². The molecule has 9 nitrogen and oxygen atoms in total. The molecule has 27 heavy (non-hydrogen) atoms. The summed E-state index contributed by atoms with van der Waals surface area (Å²) in [5.41, 5.74) is 0.969. The van der Waals surface area contributed by atoms with E-state index in [1.807, 2.05) is 14.0 Å². The molecule has 0 saturated carbocycles. The van der Waals surface area contributed by atoms with Crippen LogP contribution in [0.2, 0.25) is 0 Å². The third-order valence-corrected chi connectivity index (χ3v) is 5.12. The normalized spacial score (nSPS) is 16.9. The average Bonchev–Trinajstić information content (AvgIpc) is 3.29. The lowest BCUT2D eigenvalue weighted by Gasteiger charge is -2.28. The van der Waals surface area contributed by atoms with Crippen molar-refractivity contribution in [3.8, 4) is 11.6 Å². The Morgan fingerprint density at radius 3 is 2.89 bits per heavy atom. The Bertz CT molecular complexity index is 859. The van der Waals surface area contributed by atoms with Crippen molar-refractivity contribution in [1.29, 1.82) is 0 Å². The molecule has 0 fully saturated rings. The highest BCUT2D eigenvalue weighted by atomic mass is 32.2. The van der Waals surface area contributed by atoms with E-state index in [-0.39, 0.29) is 18.7 Å².